The van der Waals surface area contributed by atoms with E-state index in [4.69, 9.17) is 0 Å². The maximum atomic E-state index is 12.0. The molecule has 1 N–H and O–H groups in total. The van der Waals surface area contributed by atoms with Crippen molar-refractivity contribution >= 4 is 10.0 Å². The Kier molecular flexibility index (Phi) is 4.87. The van der Waals surface area contributed by atoms with Crippen LogP contribution in [0.5, 0.6) is 0 Å². The molecule has 1 aromatic rings. The van der Waals surface area contributed by atoms with E-state index in [9.17, 15) is 8.42 Å². The maximum absolute atomic E-state index is 12.0. The van der Waals surface area contributed by atoms with Gasteiger partial charge in [-0.05, 0) is 38.5 Å². The van der Waals surface area contributed by atoms with Crippen LogP contribution in [0, 0.1) is 6.92 Å². The van der Waals surface area contributed by atoms with Crippen molar-refractivity contribution in [3.8, 4) is 0 Å². The molecule has 1 aromatic carbocycles. The van der Waals surface area contributed by atoms with Crippen LogP contribution in [0.3, 0.4) is 0 Å². The summed E-state index contributed by atoms with van der Waals surface area (Å²) in [6.45, 7) is 9.72. The van der Waals surface area contributed by atoms with Gasteiger partial charge in [0.05, 0.1) is 4.90 Å². The highest BCUT2D eigenvalue weighted by Gasteiger charge is 2.13. The smallest absolute Gasteiger partial charge is 0.207 e. The van der Waals surface area contributed by atoms with Crippen molar-refractivity contribution in [3.05, 3.63) is 53.6 Å². The lowest BCUT2D eigenvalue weighted by molar-refractivity contribution is 0.585. The van der Waals surface area contributed by atoms with Crippen molar-refractivity contribution in [3.63, 3.8) is 0 Å². The van der Waals surface area contributed by atoms with Gasteiger partial charge in [0.25, 0.3) is 0 Å². The highest BCUT2D eigenvalue weighted by atomic mass is 32.2. The van der Waals surface area contributed by atoms with Gasteiger partial charge in [-0.2, -0.15) is 0 Å². The monoisotopic (exact) mass is 265 g/mol. The first kappa shape index (κ1) is 14.7. The summed E-state index contributed by atoms with van der Waals surface area (Å²) in [4.78, 5) is 0.283. The first-order chi connectivity index (χ1) is 8.36. The number of allylic oxidation sites excluding steroid dienone is 1. The Morgan fingerprint density at radius 2 is 1.83 bits per heavy atom. The summed E-state index contributed by atoms with van der Waals surface area (Å²) in [5, 5.41) is 0. The lowest BCUT2D eigenvalue weighted by Gasteiger charge is -2.09. The van der Waals surface area contributed by atoms with Crippen LogP contribution in [0.2, 0.25) is 0 Å². The number of rotatable bonds is 5. The Bertz CT molecular complexity index is 550. The number of sulfonamides is 1. The number of aryl methyl sites for hydroxylation is 1. The first-order valence-corrected chi connectivity index (χ1v) is 7.20. The largest absolute Gasteiger partial charge is 0.240 e. The molecule has 0 saturated carbocycles. The van der Waals surface area contributed by atoms with Gasteiger partial charge in [-0.1, -0.05) is 35.9 Å². The molecule has 0 amide bonds. The average molecular weight is 265 g/mol. The molecule has 0 radical (unpaired) electrons. The lowest BCUT2D eigenvalue weighted by Crippen LogP contribution is -2.25. The molecule has 98 valence electrons. The molecule has 3 nitrogen and oxygen atoms in total. The van der Waals surface area contributed by atoms with Gasteiger partial charge in [0.1, 0.15) is 0 Å². The van der Waals surface area contributed by atoms with Crippen molar-refractivity contribution < 1.29 is 8.42 Å². The van der Waals surface area contributed by atoms with Crippen molar-refractivity contribution in [1.82, 2.24) is 4.72 Å². The quantitative estimate of drug-likeness (QED) is 0.832. The van der Waals surface area contributed by atoms with Crippen LogP contribution in [-0.2, 0) is 10.0 Å². The molecule has 0 aliphatic heterocycles. The van der Waals surface area contributed by atoms with Crippen molar-refractivity contribution in [1.29, 1.82) is 0 Å². The van der Waals surface area contributed by atoms with Crippen LogP contribution >= 0.6 is 0 Å². The Labute approximate surface area is 109 Å². The maximum Gasteiger partial charge on any atom is 0.240 e. The van der Waals surface area contributed by atoms with Crippen LogP contribution in [0.25, 0.3) is 0 Å². The predicted octanol–water partition coefficient (Wildman–Crippen LogP) is 2.80. The third kappa shape index (κ3) is 3.82. The molecule has 0 saturated heterocycles. The Hall–Kier alpha value is -1.39. The number of benzene rings is 1. The van der Waals surface area contributed by atoms with Crippen LogP contribution < -0.4 is 4.72 Å². The Balaban J connectivity index is 2.87. The van der Waals surface area contributed by atoms with Gasteiger partial charge in [-0.3, -0.25) is 0 Å². The second kappa shape index (κ2) is 5.98. The van der Waals surface area contributed by atoms with Gasteiger partial charge in [0.15, 0.2) is 0 Å². The summed E-state index contributed by atoms with van der Waals surface area (Å²) in [5.41, 5.74) is 2.98. The standard InChI is InChI=1S/C14H19NO2S/c1-5-13(11(2)3)10-15-18(16,17)14-8-6-12(4)7-9-14/h5-9,15H,1,10H2,2-4H3. The molecule has 0 spiro atoms. The highest BCUT2D eigenvalue weighted by molar-refractivity contribution is 7.89. The van der Waals surface area contributed by atoms with E-state index in [0.29, 0.717) is 0 Å². The zero-order chi connectivity index (χ0) is 13.8. The van der Waals surface area contributed by atoms with Crippen LogP contribution in [0.4, 0.5) is 0 Å². The van der Waals surface area contributed by atoms with Crippen molar-refractivity contribution in [2.24, 2.45) is 0 Å². The molecule has 0 aliphatic carbocycles. The van der Waals surface area contributed by atoms with E-state index in [-0.39, 0.29) is 11.4 Å². The fourth-order valence-electron chi connectivity index (χ4n) is 1.43. The van der Waals surface area contributed by atoms with Gasteiger partial charge >= 0.3 is 0 Å². The van der Waals surface area contributed by atoms with Crippen LogP contribution in [0.15, 0.2) is 53.0 Å². The van der Waals surface area contributed by atoms with E-state index in [2.05, 4.69) is 11.3 Å². The van der Waals surface area contributed by atoms with E-state index in [0.717, 1.165) is 16.7 Å². The minimum absolute atomic E-state index is 0.266. The molecule has 4 heteroatoms. The van der Waals surface area contributed by atoms with E-state index in [1.54, 1.807) is 30.3 Å². The molecule has 1 rings (SSSR count). The number of hydrogen-bond acceptors (Lipinski definition) is 2. The van der Waals surface area contributed by atoms with E-state index < -0.39 is 10.0 Å². The molecular weight excluding hydrogens is 246 g/mol. The normalized spacial score (nSPS) is 11.1. The van der Waals surface area contributed by atoms with Crippen LogP contribution in [0.1, 0.15) is 19.4 Å². The van der Waals surface area contributed by atoms with Gasteiger partial charge in [-0.25, -0.2) is 13.1 Å². The molecule has 0 aliphatic rings. The molecular formula is C14H19NO2S. The van der Waals surface area contributed by atoms with Gasteiger partial charge < -0.3 is 0 Å². The second-order valence-corrected chi connectivity index (χ2v) is 6.13. The molecule has 18 heavy (non-hydrogen) atoms. The minimum Gasteiger partial charge on any atom is -0.207 e. The molecule has 0 aromatic heterocycles. The zero-order valence-electron chi connectivity index (χ0n) is 11.0. The molecule has 0 fully saturated rings. The van der Waals surface area contributed by atoms with Gasteiger partial charge in [0.2, 0.25) is 10.0 Å². The topological polar surface area (TPSA) is 46.2 Å². The third-order valence-electron chi connectivity index (χ3n) is 2.67. The molecule has 0 bridgehead atoms. The Morgan fingerprint density at radius 3 is 2.28 bits per heavy atom. The molecule has 0 atom stereocenters. The first-order valence-electron chi connectivity index (χ1n) is 5.72. The second-order valence-electron chi connectivity index (χ2n) is 4.37. The zero-order valence-corrected chi connectivity index (χ0v) is 11.8. The SMILES string of the molecule is C=CC(CNS(=O)(=O)c1ccc(C)cc1)=C(C)C. The highest BCUT2D eigenvalue weighted by Crippen LogP contribution is 2.11. The molecule has 0 unspecified atom stereocenters. The lowest BCUT2D eigenvalue weighted by atomic mass is 10.1. The summed E-state index contributed by atoms with van der Waals surface area (Å²) < 4.78 is 26.6. The van der Waals surface area contributed by atoms with E-state index in [1.165, 1.54) is 0 Å². The number of hydrogen-bond donors (Lipinski definition) is 1. The van der Waals surface area contributed by atoms with Crippen molar-refractivity contribution in [2.45, 2.75) is 25.7 Å². The van der Waals surface area contributed by atoms with E-state index >= 15 is 0 Å². The summed E-state index contributed by atoms with van der Waals surface area (Å²) in [7, 11) is -3.45. The van der Waals surface area contributed by atoms with Gasteiger partial charge in [-0.15, -0.1) is 0 Å². The van der Waals surface area contributed by atoms with E-state index in [1.807, 2.05) is 20.8 Å². The third-order valence-corrected chi connectivity index (χ3v) is 4.09. The molecule has 0 heterocycles. The predicted molar refractivity (Wildman–Crippen MR) is 74.9 cm³/mol. The summed E-state index contributed by atoms with van der Waals surface area (Å²) >= 11 is 0. The summed E-state index contributed by atoms with van der Waals surface area (Å²) in [6, 6.07) is 6.77. The number of nitrogens with one attached hydrogen (secondary N) is 1. The summed E-state index contributed by atoms with van der Waals surface area (Å²) in [5.74, 6) is 0. The fourth-order valence-corrected chi connectivity index (χ4v) is 2.43. The van der Waals surface area contributed by atoms with Crippen LogP contribution in [-0.4, -0.2) is 15.0 Å². The van der Waals surface area contributed by atoms with Crippen molar-refractivity contribution in [2.75, 3.05) is 6.54 Å². The Morgan fingerprint density at radius 1 is 1.28 bits per heavy atom. The average Bonchev–Trinajstić information content (AvgIpc) is 2.29. The van der Waals surface area contributed by atoms with Gasteiger partial charge in [0, 0.05) is 6.54 Å². The summed E-state index contributed by atoms with van der Waals surface area (Å²) in [6.07, 6.45) is 1.67. The minimum atomic E-state index is -3.45. The fraction of sp³-hybridized carbons (Fsp3) is 0.286.